The van der Waals surface area contributed by atoms with Gasteiger partial charge < -0.3 is 24.6 Å². The van der Waals surface area contributed by atoms with Crippen molar-refractivity contribution in [3.8, 4) is 12.1 Å². The van der Waals surface area contributed by atoms with E-state index in [-0.39, 0.29) is 5.92 Å². The van der Waals surface area contributed by atoms with E-state index < -0.39 is 28.9 Å². The van der Waals surface area contributed by atoms with Crippen LogP contribution >= 0.6 is 0 Å². The van der Waals surface area contributed by atoms with Gasteiger partial charge in [0.15, 0.2) is 5.41 Å². The lowest BCUT2D eigenvalue weighted by atomic mass is 9.55. The molecule has 0 amide bonds. The minimum absolute atomic E-state index is 0.379. The van der Waals surface area contributed by atoms with Gasteiger partial charge >= 0.3 is 0 Å². The molecule has 1 aliphatic heterocycles. The first-order chi connectivity index (χ1) is 11.9. The SMILES string of the molecule is Cc1ccc([C@H]2[C@@H]3C[NH+](C)CC=C3[C@H](C(=O)[O-])C(=N)C2(C#N)C#N)o1. The second kappa shape index (κ2) is 5.87. The van der Waals surface area contributed by atoms with E-state index in [1.807, 2.05) is 19.2 Å². The van der Waals surface area contributed by atoms with Gasteiger partial charge in [-0.05, 0) is 30.7 Å². The molecule has 1 aromatic rings. The molecule has 1 fully saturated rings. The van der Waals surface area contributed by atoms with Crippen molar-refractivity contribution in [2.45, 2.75) is 12.8 Å². The molecule has 0 saturated heterocycles. The highest BCUT2D eigenvalue weighted by atomic mass is 16.4. The van der Waals surface area contributed by atoms with Crippen LogP contribution in [0.5, 0.6) is 0 Å². The van der Waals surface area contributed by atoms with Crippen LogP contribution in [0.1, 0.15) is 17.4 Å². The summed E-state index contributed by atoms with van der Waals surface area (Å²) in [6.07, 6.45) is 1.81. The minimum atomic E-state index is -1.89. The standard InChI is InChI=1S/C18H18N4O3/c1-10-3-4-13(25-10)15-12-7-22(2)6-5-11(12)14(17(23)24)16(21)18(15,8-19)9-20/h3-5,12,14-15,21H,6-7H2,1-2H3,(H,23,24)/t12-,14+,15-/m1/s1. The minimum Gasteiger partial charge on any atom is -0.549 e. The summed E-state index contributed by atoms with van der Waals surface area (Å²) in [4.78, 5) is 12.9. The van der Waals surface area contributed by atoms with Gasteiger partial charge in [-0.1, -0.05) is 0 Å². The molecule has 1 aromatic heterocycles. The van der Waals surface area contributed by atoms with E-state index >= 15 is 0 Å². The van der Waals surface area contributed by atoms with Gasteiger partial charge in [-0.25, -0.2) is 0 Å². The number of furan rings is 1. The van der Waals surface area contributed by atoms with Crippen molar-refractivity contribution in [3.63, 3.8) is 0 Å². The maximum Gasteiger partial charge on any atom is 0.192 e. The van der Waals surface area contributed by atoms with Crippen LogP contribution in [0.25, 0.3) is 0 Å². The van der Waals surface area contributed by atoms with Gasteiger partial charge in [-0.15, -0.1) is 0 Å². The topological polar surface area (TPSA) is 129 Å². The number of nitriles is 2. The van der Waals surface area contributed by atoms with Crippen LogP contribution in [0.2, 0.25) is 0 Å². The monoisotopic (exact) mass is 338 g/mol. The summed E-state index contributed by atoms with van der Waals surface area (Å²) in [6, 6.07) is 7.32. The van der Waals surface area contributed by atoms with Crippen LogP contribution in [-0.4, -0.2) is 31.8 Å². The Hall–Kier alpha value is -2.90. The zero-order valence-electron chi connectivity index (χ0n) is 14.0. The Morgan fingerprint density at radius 3 is 2.64 bits per heavy atom. The Bertz CT molecular complexity index is 840. The maximum absolute atomic E-state index is 11.7. The Morgan fingerprint density at radius 2 is 2.12 bits per heavy atom. The molecule has 1 unspecified atom stereocenters. The molecule has 2 aliphatic rings. The van der Waals surface area contributed by atoms with E-state index in [9.17, 15) is 20.4 Å². The zero-order chi connectivity index (χ0) is 18.4. The van der Waals surface area contributed by atoms with E-state index in [4.69, 9.17) is 9.83 Å². The third-order valence-electron chi connectivity index (χ3n) is 5.25. The first-order valence-electron chi connectivity index (χ1n) is 8.05. The summed E-state index contributed by atoms with van der Waals surface area (Å²) in [7, 11) is 1.96. The largest absolute Gasteiger partial charge is 0.549 e. The van der Waals surface area contributed by atoms with Gasteiger partial charge in [0, 0.05) is 5.92 Å². The van der Waals surface area contributed by atoms with Crippen LogP contribution < -0.4 is 10.0 Å². The summed E-state index contributed by atoms with van der Waals surface area (Å²) in [6.45, 7) is 2.94. The average molecular weight is 338 g/mol. The molecule has 0 bridgehead atoms. The van der Waals surface area contributed by atoms with Crippen molar-refractivity contribution in [1.29, 1.82) is 15.9 Å². The summed E-state index contributed by atoms with van der Waals surface area (Å²) < 4.78 is 5.71. The van der Waals surface area contributed by atoms with Crippen LogP contribution in [0.15, 0.2) is 28.2 Å². The van der Waals surface area contributed by atoms with Crippen LogP contribution in [0, 0.1) is 52.2 Å². The number of fused-ring (bicyclic) bond motifs is 1. The molecule has 1 saturated carbocycles. The number of nitrogens with zero attached hydrogens (tertiary/aromatic N) is 2. The molecule has 2 heterocycles. The van der Waals surface area contributed by atoms with Crippen molar-refractivity contribution in [2.24, 2.45) is 17.3 Å². The molecule has 128 valence electrons. The van der Waals surface area contributed by atoms with Crippen LogP contribution in [-0.2, 0) is 4.79 Å². The van der Waals surface area contributed by atoms with Gasteiger partial charge in [0.25, 0.3) is 0 Å². The molecule has 4 atom stereocenters. The average Bonchev–Trinajstić information content (AvgIpc) is 2.99. The number of quaternary nitrogens is 1. The number of hydrogen-bond donors (Lipinski definition) is 2. The molecule has 2 N–H and O–H groups in total. The fraction of sp³-hybridized carbons (Fsp3) is 0.444. The molecule has 0 spiro atoms. The van der Waals surface area contributed by atoms with Crippen molar-refractivity contribution in [1.82, 2.24) is 0 Å². The van der Waals surface area contributed by atoms with E-state index in [0.29, 0.717) is 30.2 Å². The fourth-order valence-corrected chi connectivity index (χ4v) is 4.10. The summed E-state index contributed by atoms with van der Waals surface area (Å²) in [5.41, 5.74) is -1.77. The molecular formula is C18H18N4O3. The van der Waals surface area contributed by atoms with Gasteiger partial charge in [0.05, 0.1) is 55.8 Å². The van der Waals surface area contributed by atoms with E-state index in [2.05, 4.69) is 0 Å². The second-order valence-corrected chi connectivity index (χ2v) is 6.80. The lowest BCUT2D eigenvalue weighted by molar-refractivity contribution is -0.879. The number of carboxylic acids is 1. The Kier molecular flexibility index (Phi) is 3.98. The molecule has 25 heavy (non-hydrogen) atoms. The van der Waals surface area contributed by atoms with Gasteiger partial charge in [0.2, 0.25) is 0 Å². The highest BCUT2D eigenvalue weighted by Gasteiger charge is 2.59. The number of nitrogens with one attached hydrogen (secondary N) is 2. The van der Waals surface area contributed by atoms with Crippen molar-refractivity contribution in [2.75, 3.05) is 20.1 Å². The van der Waals surface area contributed by atoms with Crippen molar-refractivity contribution in [3.05, 3.63) is 35.3 Å². The highest BCUT2D eigenvalue weighted by Crippen LogP contribution is 2.52. The molecule has 7 heteroatoms. The smallest absolute Gasteiger partial charge is 0.192 e. The number of aliphatic carboxylic acids is 1. The van der Waals surface area contributed by atoms with Gasteiger partial charge in [0.1, 0.15) is 11.5 Å². The lowest BCUT2D eigenvalue weighted by Gasteiger charge is -2.46. The number of aryl methyl sites for hydroxylation is 1. The first kappa shape index (κ1) is 16.9. The maximum atomic E-state index is 11.7. The normalized spacial score (nSPS) is 30.6. The summed E-state index contributed by atoms with van der Waals surface area (Å²) in [5.74, 6) is -2.81. The van der Waals surface area contributed by atoms with Crippen LogP contribution in [0.4, 0.5) is 0 Å². The lowest BCUT2D eigenvalue weighted by Crippen LogP contribution is -3.10. The van der Waals surface area contributed by atoms with E-state index in [1.165, 1.54) is 0 Å². The third-order valence-corrected chi connectivity index (χ3v) is 5.25. The predicted octanol–water partition coefficient (Wildman–Crippen LogP) is -0.824. The Morgan fingerprint density at radius 1 is 1.44 bits per heavy atom. The number of carboxylic acid groups (broad SMARTS) is 1. The Balaban J connectivity index is 2.27. The second-order valence-electron chi connectivity index (χ2n) is 6.80. The number of carbonyl (C=O) groups is 1. The van der Waals surface area contributed by atoms with E-state index in [1.54, 1.807) is 25.1 Å². The van der Waals surface area contributed by atoms with Crippen molar-refractivity contribution < 1.29 is 19.2 Å². The number of rotatable bonds is 2. The molecule has 0 radical (unpaired) electrons. The fourth-order valence-electron chi connectivity index (χ4n) is 4.10. The first-order valence-corrected chi connectivity index (χ1v) is 8.05. The molecule has 1 aliphatic carbocycles. The quantitative estimate of drug-likeness (QED) is 0.680. The highest BCUT2D eigenvalue weighted by molar-refractivity contribution is 6.09. The van der Waals surface area contributed by atoms with E-state index in [0.717, 1.165) is 4.90 Å². The van der Waals surface area contributed by atoms with Crippen LogP contribution in [0.3, 0.4) is 0 Å². The molecular weight excluding hydrogens is 320 g/mol. The van der Waals surface area contributed by atoms with Crippen molar-refractivity contribution >= 4 is 11.7 Å². The third kappa shape index (κ3) is 2.36. The zero-order valence-corrected chi connectivity index (χ0v) is 14.0. The number of carbonyl (C=O) groups excluding carboxylic acids is 1. The number of likely N-dealkylation sites (N-methyl/N-ethyl adjacent to an activating group) is 1. The molecule has 0 aromatic carbocycles. The predicted molar refractivity (Wildman–Crippen MR) is 84.3 cm³/mol. The summed E-state index contributed by atoms with van der Waals surface area (Å²) in [5, 5.41) is 39.7. The van der Waals surface area contributed by atoms with Gasteiger partial charge in [-0.3, -0.25) is 0 Å². The Labute approximate surface area is 145 Å². The summed E-state index contributed by atoms with van der Waals surface area (Å²) >= 11 is 0. The number of hydrogen-bond acceptors (Lipinski definition) is 6. The molecule has 3 rings (SSSR count). The molecule has 7 nitrogen and oxygen atoms in total. The van der Waals surface area contributed by atoms with Gasteiger partial charge in [-0.2, -0.15) is 10.5 Å².